The van der Waals surface area contributed by atoms with E-state index in [1.807, 2.05) is 54.6 Å². The number of anilines is 1. The summed E-state index contributed by atoms with van der Waals surface area (Å²) in [6, 6.07) is 20.3. The number of carbonyl (C=O) groups excluding carboxylic acids is 2. The smallest absolute Gasteiger partial charge is 0.264 e. The SMILES string of the molecule is COc1ccc(/C=C2/Sc3ccc(C(=O)NCc4ccccc4Cl)cc3N(C)C2=O)cc1. The standard InChI is InChI=1S/C25H21ClN2O3S/c1-28-21-14-17(24(29)27-15-18-5-3-4-6-20(18)26)9-12-22(21)32-23(25(28)30)13-16-7-10-19(31-2)11-8-16/h3-14H,15H2,1-2H3,(H,27,29)/b23-13+. The number of thioether (sulfide) groups is 1. The Labute approximate surface area is 196 Å². The second-order valence-corrected chi connectivity index (χ2v) is 8.70. The average Bonchev–Trinajstić information content (AvgIpc) is 2.82. The molecule has 0 aliphatic carbocycles. The number of hydrogen-bond acceptors (Lipinski definition) is 4. The van der Waals surface area contributed by atoms with E-state index in [2.05, 4.69) is 5.32 Å². The molecule has 32 heavy (non-hydrogen) atoms. The Bertz CT molecular complexity index is 1210. The van der Waals surface area contributed by atoms with E-state index in [0.29, 0.717) is 27.7 Å². The van der Waals surface area contributed by atoms with Gasteiger partial charge in [0.1, 0.15) is 5.75 Å². The molecule has 0 radical (unpaired) electrons. The summed E-state index contributed by atoms with van der Waals surface area (Å²) in [5.74, 6) is 0.419. The molecule has 7 heteroatoms. The van der Waals surface area contributed by atoms with Gasteiger partial charge in [-0.25, -0.2) is 0 Å². The zero-order valence-corrected chi connectivity index (χ0v) is 19.2. The monoisotopic (exact) mass is 464 g/mol. The number of rotatable bonds is 5. The third-order valence-corrected chi connectivity index (χ3v) is 6.57. The Morgan fingerprint density at radius 2 is 1.88 bits per heavy atom. The summed E-state index contributed by atoms with van der Waals surface area (Å²) in [4.78, 5) is 28.7. The van der Waals surface area contributed by atoms with Crippen LogP contribution in [0.3, 0.4) is 0 Å². The van der Waals surface area contributed by atoms with Crippen LogP contribution in [0.15, 0.2) is 76.5 Å². The number of ether oxygens (including phenoxy) is 1. The number of carbonyl (C=O) groups is 2. The maximum atomic E-state index is 12.9. The van der Waals surface area contributed by atoms with Crippen molar-refractivity contribution in [3.63, 3.8) is 0 Å². The number of nitrogens with zero attached hydrogens (tertiary/aromatic N) is 1. The number of likely N-dealkylation sites (N-methyl/N-ethyl adjacent to an activating group) is 1. The number of amides is 2. The lowest BCUT2D eigenvalue weighted by Gasteiger charge is -2.27. The molecule has 3 aromatic rings. The Morgan fingerprint density at radius 3 is 2.59 bits per heavy atom. The van der Waals surface area contributed by atoms with Crippen LogP contribution >= 0.6 is 23.4 Å². The van der Waals surface area contributed by atoms with Crippen LogP contribution in [0.5, 0.6) is 5.75 Å². The molecular weight excluding hydrogens is 444 g/mol. The van der Waals surface area contributed by atoms with Crippen molar-refractivity contribution < 1.29 is 14.3 Å². The van der Waals surface area contributed by atoms with Gasteiger partial charge < -0.3 is 15.0 Å². The van der Waals surface area contributed by atoms with Gasteiger partial charge in [-0.15, -0.1) is 0 Å². The highest BCUT2D eigenvalue weighted by Crippen LogP contribution is 2.42. The lowest BCUT2D eigenvalue weighted by molar-refractivity contribution is -0.114. The summed E-state index contributed by atoms with van der Waals surface area (Å²) in [5.41, 5.74) is 2.95. The molecule has 0 fully saturated rings. The molecule has 4 rings (SSSR count). The minimum atomic E-state index is -0.224. The maximum Gasteiger partial charge on any atom is 0.264 e. The molecule has 1 heterocycles. The summed E-state index contributed by atoms with van der Waals surface area (Å²) < 4.78 is 5.18. The van der Waals surface area contributed by atoms with Crippen LogP contribution in [0.1, 0.15) is 21.5 Å². The molecule has 0 saturated carbocycles. The highest BCUT2D eigenvalue weighted by molar-refractivity contribution is 8.04. The number of fused-ring (bicyclic) bond motifs is 1. The van der Waals surface area contributed by atoms with Crippen molar-refractivity contribution >= 4 is 46.9 Å². The second kappa shape index (κ2) is 9.51. The molecule has 1 aliphatic rings. The topological polar surface area (TPSA) is 58.6 Å². The Balaban J connectivity index is 1.52. The minimum Gasteiger partial charge on any atom is -0.497 e. The molecule has 5 nitrogen and oxygen atoms in total. The Morgan fingerprint density at radius 1 is 1.12 bits per heavy atom. The normalized spacial score (nSPS) is 14.3. The molecule has 0 aromatic heterocycles. The molecular formula is C25H21ClN2O3S. The fraction of sp³-hybridized carbons (Fsp3) is 0.120. The molecule has 0 spiro atoms. The van der Waals surface area contributed by atoms with Crippen molar-refractivity contribution in [3.05, 3.63) is 93.3 Å². The largest absolute Gasteiger partial charge is 0.497 e. The third-order valence-electron chi connectivity index (χ3n) is 5.13. The van der Waals surface area contributed by atoms with Crippen LogP contribution in [-0.2, 0) is 11.3 Å². The van der Waals surface area contributed by atoms with Gasteiger partial charge in [-0.3, -0.25) is 9.59 Å². The van der Waals surface area contributed by atoms with Crippen molar-refractivity contribution in [2.45, 2.75) is 11.4 Å². The molecule has 1 aliphatic heterocycles. The maximum absolute atomic E-state index is 12.9. The van der Waals surface area contributed by atoms with Gasteiger partial charge in [0.2, 0.25) is 0 Å². The van der Waals surface area contributed by atoms with Gasteiger partial charge in [0.05, 0.1) is 17.7 Å². The lowest BCUT2D eigenvalue weighted by Crippen LogP contribution is -2.31. The Hall–Kier alpha value is -3.22. The molecule has 1 N–H and O–H groups in total. The number of benzene rings is 3. The first-order valence-electron chi connectivity index (χ1n) is 9.93. The highest BCUT2D eigenvalue weighted by atomic mass is 35.5. The van der Waals surface area contributed by atoms with Crippen LogP contribution in [0.2, 0.25) is 5.02 Å². The summed E-state index contributed by atoms with van der Waals surface area (Å²) >= 11 is 7.56. The van der Waals surface area contributed by atoms with E-state index in [9.17, 15) is 9.59 Å². The van der Waals surface area contributed by atoms with E-state index in [1.54, 1.807) is 37.3 Å². The number of nitrogens with one attached hydrogen (secondary N) is 1. The summed E-state index contributed by atoms with van der Waals surface area (Å²) in [7, 11) is 3.33. The predicted molar refractivity (Wildman–Crippen MR) is 129 cm³/mol. The molecule has 0 unspecified atom stereocenters. The van der Waals surface area contributed by atoms with Crippen LogP contribution in [0.25, 0.3) is 6.08 Å². The quantitative estimate of drug-likeness (QED) is 0.514. The first-order valence-corrected chi connectivity index (χ1v) is 11.1. The van der Waals surface area contributed by atoms with Gasteiger partial charge in [-0.05, 0) is 53.6 Å². The predicted octanol–water partition coefficient (Wildman–Crippen LogP) is 5.39. The van der Waals surface area contributed by atoms with Crippen LogP contribution < -0.4 is 15.0 Å². The zero-order valence-electron chi connectivity index (χ0n) is 17.6. The minimum absolute atomic E-state index is 0.119. The molecule has 0 saturated heterocycles. The van der Waals surface area contributed by atoms with Crippen LogP contribution in [0.4, 0.5) is 5.69 Å². The molecule has 0 atom stereocenters. The first-order chi connectivity index (χ1) is 15.5. The fourth-order valence-corrected chi connectivity index (χ4v) is 4.60. The summed E-state index contributed by atoms with van der Waals surface area (Å²) in [6.45, 7) is 0.327. The van der Waals surface area contributed by atoms with Gasteiger partial charge in [0, 0.05) is 29.1 Å². The van der Waals surface area contributed by atoms with Gasteiger partial charge in [0.25, 0.3) is 11.8 Å². The van der Waals surface area contributed by atoms with E-state index >= 15 is 0 Å². The second-order valence-electron chi connectivity index (χ2n) is 7.20. The summed E-state index contributed by atoms with van der Waals surface area (Å²) in [6.07, 6.45) is 1.86. The zero-order chi connectivity index (χ0) is 22.7. The van der Waals surface area contributed by atoms with Crippen LogP contribution in [0, 0.1) is 0 Å². The fourth-order valence-electron chi connectivity index (χ4n) is 3.31. The Kier molecular flexibility index (Phi) is 6.53. The van der Waals surface area contributed by atoms with Crippen molar-refractivity contribution in [2.24, 2.45) is 0 Å². The van der Waals surface area contributed by atoms with E-state index in [-0.39, 0.29) is 11.8 Å². The molecule has 2 amide bonds. The number of hydrogen-bond donors (Lipinski definition) is 1. The van der Waals surface area contributed by atoms with E-state index in [4.69, 9.17) is 16.3 Å². The number of halogens is 1. The first kappa shape index (κ1) is 22.0. The lowest BCUT2D eigenvalue weighted by atomic mass is 10.1. The van der Waals surface area contributed by atoms with Gasteiger partial charge in [-0.1, -0.05) is 53.7 Å². The molecule has 0 bridgehead atoms. The highest BCUT2D eigenvalue weighted by Gasteiger charge is 2.27. The van der Waals surface area contributed by atoms with Crippen molar-refractivity contribution in [2.75, 3.05) is 19.1 Å². The number of methoxy groups -OCH3 is 1. The van der Waals surface area contributed by atoms with Crippen molar-refractivity contribution in [3.8, 4) is 5.75 Å². The van der Waals surface area contributed by atoms with Gasteiger partial charge in [0.15, 0.2) is 0 Å². The van der Waals surface area contributed by atoms with Crippen molar-refractivity contribution in [1.29, 1.82) is 0 Å². The van der Waals surface area contributed by atoms with E-state index < -0.39 is 0 Å². The molecule has 3 aromatic carbocycles. The van der Waals surface area contributed by atoms with Crippen LogP contribution in [-0.4, -0.2) is 26.0 Å². The van der Waals surface area contributed by atoms with Gasteiger partial charge >= 0.3 is 0 Å². The molecule has 162 valence electrons. The van der Waals surface area contributed by atoms with Crippen molar-refractivity contribution in [1.82, 2.24) is 5.32 Å². The van der Waals surface area contributed by atoms with E-state index in [1.165, 1.54) is 11.8 Å². The third kappa shape index (κ3) is 4.66. The van der Waals surface area contributed by atoms with E-state index in [0.717, 1.165) is 21.8 Å². The van der Waals surface area contributed by atoms with Gasteiger partial charge in [-0.2, -0.15) is 0 Å². The average molecular weight is 465 g/mol. The summed E-state index contributed by atoms with van der Waals surface area (Å²) in [5, 5.41) is 3.49.